The number of hydrogen-bond donors (Lipinski definition) is 2. The van der Waals surface area contributed by atoms with E-state index in [9.17, 15) is 18.0 Å². The highest BCUT2D eigenvalue weighted by Gasteiger charge is 2.15. The molecule has 1 aliphatic rings. The molecule has 0 bridgehead atoms. The van der Waals surface area contributed by atoms with E-state index in [1.165, 1.54) is 6.07 Å². The Hall–Kier alpha value is -2.72. The summed E-state index contributed by atoms with van der Waals surface area (Å²) in [5.41, 5.74) is -0.233. The largest absolute Gasteiger partial charge is 0.379 e. The number of halogens is 3. The second-order valence-corrected chi connectivity index (χ2v) is 5.85. The molecular formula is C17H18F3N5O2. The molecule has 1 aromatic heterocycles. The fourth-order valence-corrected chi connectivity index (χ4v) is 2.55. The highest BCUT2D eigenvalue weighted by molar-refractivity contribution is 5.92. The number of morpholine rings is 1. The van der Waals surface area contributed by atoms with E-state index in [1.54, 1.807) is 0 Å². The molecule has 0 spiro atoms. The molecular weight excluding hydrogens is 363 g/mol. The van der Waals surface area contributed by atoms with E-state index < -0.39 is 23.4 Å². The van der Waals surface area contributed by atoms with Gasteiger partial charge >= 0.3 is 0 Å². The molecule has 0 unspecified atom stereocenters. The van der Waals surface area contributed by atoms with Crippen LogP contribution in [0.1, 0.15) is 10.5 Å². The molecule has 10 heteroatoms. The molecule has 144 valence electrons. The summed E-state index contributed by atoms with van der Waals surface area (Å²) in [5, 5.41) is 5.25. The molecule has 1 aliphatic heterocycles. The van der Waals surface area contributed by atoms with Crippen LogP contribution in [0.4, 0.5) is 24.7 Å². The van der Waals surface area contributed by atoms with E-state index in [0.717, 1.165) is 31.5 Å². The molecule has 2 aromatic rings. The van der Waals surface area contributed by atoms with Gasteiger partial charge in [-0.15, -0.1) is 0 Å². The van der Waals surface area contributed by atoms with Crippen molar-refractivity contribution in [3.8, 4) is 0 Å². The second kappa shape index (κ2) is 8.78. The van der Waals surface area contributed by atoms with Gasteiger partial charge in [-0.3, -0.25) is 9.69 Å². The third-order valence-electron chi connectivity index (χ3n) is 4.01. The van der Waals surface area contributed by atoms with Gasteiger partial charge in [-0.1, -0.05) is 0 Å². The van der Waals surface area contributed by atoms with E-state index in [2.05, 4.69) is 25.5 Å². The summed E-state index contributed by atoms with van der Waals surface area (Å²) in [6.07, 6.45) is 1.12. The summed E-state index contributed by atoms with van der Waals surface area (Å²) >= 11 is 0. The number of rotatable bonds is 6. The molecule has 1 amide bonds. The zero-order valence-corrected chi connectivity index (χ0v) is 14.3. The monoisotopic (exact) mass is 381 g/mol. The maximum Gasteiger partial charge on any atom is 0.270 e. The third kappa shape index (κ3) is 4.92. The molecule has 7 nitrogen and oxygen atoms in total. The van der Waals surface area contributed by atoms with Crippen molar-refractivity contribution in [3.05, 3.63) is 47.7 Å². The van der Waals surface area contributed by atoms with Gasteiger partial charge < -0.3 is 15.4 Å². The van der Waals surface area contributed by atoms with E-state index >= 15 is 0 Å². The van der Waals surface area contributed by atoms with Crippen LogP contribution in [0.5, 0.6) is 0 Å². The SMILES string of the molecule is O=C(NCCN1CCOCC1)c1cc(Nc2ccc(F)c(F)c2F)ncn1. The van der Waals surface area contributed by atoms with Gasteiger partial charge in [0.2, 0.25) is 0 Å². The lowest BCUT2D eigenvalue weighted by molar-refractivity contribution is 0.0383. The Morgan fingerprint density at radius 1 is 1.15 bits per heavy atom. The molecule has 3 rings (SSSR count). The van der Waals surface area contributed by atoms with Crippen molar-refractivity contribution in [2.24, 2.45) is 0 Å². The van der Waals surface area contributed by atoms with Crippen molar-refractivity contribution in [1.29, 1.82) is 0 Å². The average Bonchev–Trinajstić information content (AvgIpc) is 2.69. The second-order valence-electron chi connectivity index (χ2n) is 5.85. The van der Waals surface area contributed by atoms with Crippen molar-refractivity contribution in [2.45, 2.75) is 0 Å². The molecule has 2 N–H and O–H groups in total. The zero-order valence-electron chi connectivity index (χ0n) is 14.3. The summed E-state index contributed by atoms with van der Waals surface area (Å²) in [6, 6.07) is 3.13. The molecule has 27 heavy (non-hydrogen) atoms. The smallest absolute Gasteiger partial charge is 0.270 e. The summed E-state index contributed by atoms with van der Waals surface area (Å²) in [4.78, 5) is 22.1. The first-order valence-corrected chi connectivity index (χ1v) is 8.35. The minimum Gasteiger partial charge on any atom is -0.379 e. The highest BCUT2D eigenvalue weighted by atomic mass is 19.2. The quantitative estimate of drug-likeness (QED) is 0.742. The Morgan fingerprint density at radius 3 is 2.70 bits per heavy atom. The van der Waals surface area contributed by atoms with Crippen LogP contribution >= 0.6 is 0 Å². The number of nitrogens with zero attached hydrogens (tertiary/aromatic N) is 3. The number of nitrogens with one attached hydrogen (secondary N) is 2. The van der Waals surface area contributed by atoms with Crippen molar-refractivity contribution < 1.29 is 22.7 Å². The Balaban J connectivity index is 1.59. The van der Waals surface area contributed by atoms with Crippen LogP contribution in [0.2, 0.25) is 0 Å². The molecule has 1 fully saturated rings. The van der Waals surface area contributed by atoms with Crippen molar-refractivity contribution in [1.82, 2.24) is 20.2 Å². The van der Waals surface area contributed by atoms with Gasteiger partial charge in [0.15, 0.2) is 17.5 Å². The summed E-state index contributed by atoms with van der Waals surface area (Å²) in [7, 11) is 0. The van der Waals surface area contributed by atoms with E-state index in [4.69, 9.17) is 4.74 Å². The predicted octanol–water partition coefficient (Wildman–Crippen LogP) is 1.70. The Bertz CT molecular complexity index is 815. The molecule has 0 radical (unpaired) electrons. The molecule has 0 aliphatic carbocycles. The Morgan fingerprint density at radius 2 is 1.93 bits per heavy atom. The first-order chi connectivity index (χ1) is 13.0. The van der Waals surface area contributed by atoms with E-state index in [1.807, 2.05) is 0 Å². The van der Waals surface area contributed by atoms with Crippen LogP contribution in [0, 0.1) is 17.5 Å². The zero-order chi connectivity index (χ0) is 19.2. The van der Waals surface area contributed by atoms with Crippen LogP contribution in [0.25, 0.3) is 0 Å². The maximum absolute atomic E-state index is 13.7. The number of anilines is 2. The number of carbonyl (C=O) groups excluding carboxylic acids is 1. The van der Waals surface area contributed by atoms with Crippen molar-refractivity contribution in [2.75, 3.05) is 44.7 Å². The molecule has 1 aromatic carbocycles. The number of aromatic nitrogens is 2. The summed E-state index contributed by atoms with van der Waals surface area (Å²) in [5.74, 6) is -4.59. The topological polar surface area (TPSA) is 79.4 Å². The van der Waals surface area contributed by atoms with Gasteiger partial charge in [0.25, 0.3) is 5.91 Å². The lowest BCUT2D eigenvalue weighted by Gasteiger charge is -2.26. The molecule has 1 saturated heterocycles. The average molecular weight is 381 g/mol. The van der Waals surface area contributed by atoms with Crippen molar-refractivity contribution >= 4 is 17.4 Å². The van der Waals surface area contributed by atoms with Crippen LogP contribution in [-0.4, -0.2) is 60.2 Å². The van der Waals surface area contributed by atoms with E-state index in [-0.39, 0.29) is 17.2 Å². The first-order valence-electron chi connectivity index (χ1n) is 8.35. The van der Waals surface area contributed by atoms with Crippen LogP contribution in [0.3, 0.4) is 0 Å². The van der Waals surface area contributed by atoms with Crippen LogP contribution in [-0.2, 0) is 4.74 Å². The number of hydrogen-bond acceptors (Lipinski definition) is 6. The number of benzene rings is 1. The summed E-state index contributed by atoms with van der Waals surface area (Å²) < 4.78 is 45.3. The lowest BCUT2D eigenvalue weighted by atomic mass is 10.2. The molecule has 0 atom stereocenters. The fraction of sp³-hybridized carbons (Fsp3) is 0.353. The normalized spacial score (nSPS) is 14.8. The predicted molar refractivity (Wildman–Crippen MR) is 91.2 cm³/mol. The highest BCUT2D eigenvalue weighted by Crippen LogP contribution is 2.22. The van der Waals surface area contributed by atoms with Gasteiger partial charge in [-0.25, -0.2) is 23.1 Å². The van der Waals surface area contributed by atoms with Gasteiger partial charge in [0.1, 0.15) is 17.8 Å². The Kier molecular flexibility index (Phi) is 6.20. The number of amides is 1. The van der Waals surface area contributed by atoms with Gasteiger partial charge in [0, 0.05) is 32.2 Å². The summed E-state index contributed by atoms with van der Waals surface area (Å²) in [6.45, 7) is 4.11. The molecule has 2 heterocycles. The molecule has 0 saturated carbocycles. The van der Waals surface area contributed by atoms with Crippen LogP contribution < -0.4 is 10.6 Å². The van der Waals surface area contributed by atoms with Gasteiger partial charge in [0.05, 0.1) is 18.9 Å². The minimum atomic E-state index is -1.59. The van der Waals surface area contributed by atoms with Crippen molar-refractivity contribution in [3.63, 3.8) is 0 Å². The third-order valence-corrected chi connectivity index (χ3v) is 4.01. The van der Waals surface area contributed by atoms with Crippen LogP contribution in [0.15, 0.2) is 24.5 Å². The minimum absolute atomic E-state index is 0.0671. The maximum atomic E-state index is 13.7. The van der Waals surface area contributed by atoms with Gasteiger partial charge in [-0.2, -0.15) is 0 Å². The fourth-order valence-electron chi connectivity index (χ4n) is 2.55. The first kappa shape index (κ1) is 19.1. The van der Waals surface area contributed by atoms with Gasteiger partial charge in [-0.05, 0) is 12.1 Å². The van der Waals surface area contributed by atoms with E-state index in [0.29, 0.717) is 26.3 Å². The standard InChI is InChI=1S/C17H18F3N5O2/c18-11-1-2-12(16(20)15(11)19)24-14-9-13(22-10-23-14)17(26)21-3-4-25-5-7-27-8-6-25/h1-2,9-10H,3-8H2,(H,21,26)(H,22,23,24). The Labute approximate surface area is 153 Å². The number of ether oxygens (including phenoxy) is 1. The lowest BCUT2D eigenvalue weighted by Crippen LogP contribution is -2.41. The number of carbonyl (C=O) groups is 1.